The van der Waals surface area contributed by atoms with Crippen LogP contribution in [0.3, 0.4) is 0 Å². The van der Waals surface area contributed by atoms with Crippen molar-refractivity contribution in [3.05, 3.63) is 65.2 Å². The summed E-state index contributed by atoms with van der Waals surface area (Å²) in [4.78, 5) is 26.8. The van der Waals surface area contributed by atoms with Gasteiger partial charge in [0.15, 0.2) is 0 Å². The Hall–Kier alpha value is -3.06. The molecule has 0 aliphatic carbocycles. The summed E-state index contributed by atoms with van der Waals surface area (Å²) in [6.45, 7) is 5.35. The summed E-state index contributed by atoms with van der Waals surface area (Å²) in [6.07, 6.45) is 2.29. The first kappa shape index (κ1) is 20.7. The molecule has 2 aromatic rings. The number of hydrogen-bond donors (Lipinski definition) is 1. The van der Waals surface area contributed by atoms with Gasteiger partial charge in [-0.15, -0.1) is 0 Å². The first-order valence-electron chi connectivity index (χ1n) is 10.3. The van der Waals surface area contributed by atoms with Gasteiger partial charge in [-0.1, -0.05) is 56.0 Å². The van der Waals surface area contributed by atoms with Gasteiger partial charge in [-0.05, 0) is 42.5 Å². The smallest absolute Gasteiger partial charge is 0.227 e. The lowest BCUT2D eigenvalue weighted by Gasteiger charge is -2.26. The number of unbranched alkanes of at least 4 members (excludes halogenated alkanes) is 1. The summed E-state index contributed by atoms with van der Waals surface area (Å²) >= 11 is 0. The van der Waals surface area contributed by atoms with E-state index in [0.29, 0.717) is 44.7 Å². The van der Waals surface area contributed by atoms with Crippen molar-refractivity contribution in [2.45, 2.75) is 46.1 Å². The first-order valence-corrected chi connectivity index (χ1v) is 10.3. The molecule has 1 N–H and O–H groups in total. The van der Waals surface area contributed by atoms with Crippen LogP contribution >= 0.6 is 0 Å². The molecule has 2 amide bonds. The SMILES string of the molecule is CC(C)CNC(=O)CCCCC(=O)N1Cc2ccccc2C#Cc2ccccc21. The van der Waals surface area contributed by atoms with Crippen molar-refractivity contribution in [2.24, 2.45) is 5.92 Å². The highest BCUT2D eigenvalue weighted by Crippen LogP contribution is 2.26. The first-order chi connectivity index (χ1) is 14.0. The fourth-order valence-electron chi connectivity index (χ4n) is 3.31. The van der Waals surface area contributed by atoms with Crippen LogP contribution in [-0.2, 0) is 16.1 Å². The highest BCUT2D eigenvalue weighted by molar-refractivity contribution is 5.95. The third kappa shape index (κ3) is 5.71. The number of nitrogens with zero attached hydrogens (tertiary/aromatic N) is 1. The van der Waals surface area contributed by atoms with Crippen LogP contribution in [0, 0.1) is 17.8 Å². The van der Waals surface area contributed by atoms with Crippen molar-refractivity contribution in [1.82, 2.24) is 5.32 Å². The van der Waals surface area contributed by atoms with E-state index in [2.05, 4.69) is 31.0 Å². The Bertz CT molecular complexity index is 937. The van der Waals surface area contributed by atoms with Crippen LogP contribution in [0.5, 0.6) is 0 Å². The molecule has 0 saturated heterocycles. The number of rotatable bonds is 7. The molecule has 0 radical (unpaired) electrons. The number of amides is 2. The molecule has 0 unspecified atom stereocenters. The maximum absolute atomic E-state index is 13.1. The third-order valence-corrected chi connectivity index (χ3v) is 4.93. The van der Waals surface area contributed by atoms with E-state index in [1.54, 1.807) is 0 Å². The monoisotopic (exact) mass is 388 g/mol. The fraction of sp³-hybridized carbons (Fsp3) is 0.360. The lowest BCUT2D eigenvalue weighted by Crippen LogP contribution is -2.31. The molecule has 1 heterocycles. The van der Waals surface area contributed by atoms with E-state index in [-0.39, 0.29) is 11.8 Å². The molecule has 2 aromatic carbocycles. The maximum Gasteiger partial charge on any atom is 0.227 e. The zero-order valence-corrected chi connectivity index (χ0v) is 17.2. The Balaban J connectivity index is 1.66. The van der Waals surface area contributed by atoms with E-state index in [1.807, 2.05) is 53.4 Å². The lowest BCUT2D eigenvalue weighted by atomic mass is 10.0. The maximum atomic E-state index is 13.1. The van der Waals surface area contributed by atoms with Crippen molar-refractivity contribution < 1.29 is 9.59 Å². The van der Waals surface area contributed by atoms with E-state index < -0.39 is 0 Å². The lowest BCUT2D eigenvalue weighted by molar-refractivity contribution is -0.122. The molecule has 0 saturated carbocycles. The van der Waals surface area contributed by atoms with Gasteiger partial charge in [0.05, 0.1) is 12.2 Å². The van der Waals surface area contributed by atoms with Crippen molar-refractivity contribution in [2.75, 3.05) is 11.4 Å². The molecule has 3 rings (SSSR count). The van der Waals surface area contributed by atoms with Crippen LogP contribution in [-0.4, -0.2) is 18.4 Å². The second-order valence-electron chi connectivity index (χ2n) is 7.81. The van der Waals surface area contributed by atoms with Crippen LogP contribution < -0.4 is 10.2 Å². The second kappa shape index (κ2) is 9.93. The minimum atomic E-state index is 0.0620. The number of hydrogen-bond acceptors (Lipinski definition) is 2. The largest absolute Gasteiger partial charge is 0.356 e. The molecule has 0 atom stereocenters. The summed E-state index contributed by atoms with van der Waals surface area (Å²) < 4.78 is 0. The Morgan fingerprint density at radius 3 is 2.41 bits per heavy atom. The summed E-state index contributed by atoms with van der Waals surface area (Å²) in [6, 6.07) is 15.8. The summed E-state index contributed by atoms with van der Waals surface area (Å²) in [5.41, 5.74) is 3.73. The predicted octanol–water partition coefficient (Wildman–Crippen LogP) is 4.27. The molecule has 150 valence electrons. The highest BCUT2D eigenvalue weighted by atomic mass is 16.2. The average Bonchev–Trinajstić information content (AvgIpc) is 2.71. The van der Waals surface area contributed by atoms with Crippen molar-refractivity contribution in [3.8, 4) is 11.8 Å². The molecule has 4 nitrogen and oxygen atoms in total. The van der Waals surface area contributed by atoms with Crippen LogP contribution in [0.1, 0.15) is 56.2 Å². The van der Waals surface area contributed by atoms with Crippen molar-refractivity contribution in [3.63, 3.8) is 0 Å². The minimum Gasteiger partial charge on any atom is -0.356 e. The average molecular weight is 389 g/mol. The Morgan fingerprint density at radius 2 is 1.62 bits per heavy atom. The van der Waals surface area contributed by atoms with Gasteiger partial charge in [-0.3, -0.25) is 9.59 Å². The summed E-state index contributed by atoms with van der Waals surface area (Å²) in [5, 5.41) is 2.92. The number of carbonyl (C=O) groups excluding carboxylic acids is 2. The van der Waals surface area contributed by atoms with Crippen molar-refractivity contribution >= 4 is 17.5 Å². The standard InChI is InChI=1S/C25H28N2O2/c1-19(2)17-26-24(28)13-7-8-14-25(29)27-18-22-11-4-3-9-20(22)15-16-21-10-5-6-12-23(21)27/h3-6,9-12,19H,7-8,13-14,17-18H2,1-2H3,(H,26,28). The number of benzene rings is 2. The number of para-hydroxylation sites is 1. The molecule has 0 bridgehead atoms. The normalized spacial score (nSPS) is 12.2. The zero-order chi connectivity index (χ0) is 20.6. The molecular formula is C25H28N2O2. The Labute approximate surface area is 173 Å². The molecule has 4 heteroatoms. The molecule has 29 heavy (non-hydrogen) atoms. The van der Waals surface area contributed by atoms with E-state index in [0.717, 1.165) is 22.4 Å². The number of nitrogens with one attached hydrogen (secondary N) is 1. The summed E-state index contributed by atoms with van der Waals surface area (Å²) in [5.74, 6) is 7.02. The van der Waals surface area contributed by atoms with Gasteiger partial charge in [-0.25, -0.2) is 0 Å². The third-order valence-electron chi connectivity index (χ3n) is 4.93. The van der Waals surface area contributed by atoms with Crippen LogP contribution in [0.2, 0.25) is 0 Å². The highest BCUT2D eigenvalue weighted by Gasteiger charge is 2.20. The van der Waals surface area contributed by atoms with Gasteiger partial charge >= 0.3 is 0 Å². The van der Waals surface area contributed by atoms with Crippen LogP contribution in [0.25, 0.3) is 0 Å². The quantitative estimate of drug-likeness (QED) is 0.569. The van der Waals surface area contributed by atoms with Gasteiger partial charge in [0.2, 0.25) is 11.8 Å². The number of carbonyl (C=O) groups is 2. The summed E-state index contributed by atoms with van der Waals surface area (Å²) in [7, 11) is 0. The zero-order valence-electron chi connectivity index (χ0n) is 17.2. The van der Waals surface area contributed by atoms with E-state index in [1.165, 1.54) is 0 Å². The van der Waals surface area contributed by atoms with Crippen LogP contribution in [0.4, 0.5) is 5.69 Å². The number of fused-ring (bicyclic) bond motifs is 2. The molecule has 0 aromatic heterocycles. The molecule has 0 spiro atoms. The Kier molecular flexibility index (Phi) is 7.08. The van der Waals surface area contributed by atoms with Crippen molar-refractivity contribution in [1.29, 1.82) is 0 Å². The Morgan fingerprint density at radius 1 is 0.966 bits per heavy atom. The van der Waals surface area contributed by atoms with E-state index >= 15 is 0 Å². The fourth-order valence-corrected chi connectivity index (χ4v) is 3.31. The molecular weight excluding hydrogens is 360 g/mol. The number of anilines is 1. The predicted molar refractivity (Wildman–Crippen MR) is 116 cm³/mol. The molecule has 0 fully saturated rings. The molecule has 1 aliphatic rings. The van der Waals surface area contributed by atoms with Gasteiger partial charge in [0.1, 0.15) is 0 Å². The van der Waals surface area contributed by atoms with Gasteiger partial charge in [0.25, 0.3) is 0 Å². The van der Waals surface area contributed by atoms with E-state index in [9.17, 15) is 9.59 Å². The van der Waals surface area contributed by atoms with Gasteiger partial charge in [0, 0.05) is 30.5 Å². The minimum absolute atomic E-state index is 0.0620. The van der Waals surface area contributed by atoms with Crippen LogP contribution in [0.15, 0.2) is 48.5 Å². The van der Waals surface area contributed by atoms with Gasteiger partial charge in [-0.2, -0.15) is 0 Å². The molecule has 1 aliphatic heterocycles. The topological polar surface area (TPSA) is 49.4 Å². The van der Waals surface area contributed by atoms with E-state index in [4.69, 9.17) is 0 Å². The second-order valence-corrected chi connectivity index (χ2v) is 7.81. The van der Waals surface area contributed by atoms with Gasteiger partial charge < -0.3 is 10.2 Å².